The first-order chi connectivity index (χ1) is 12.7. The highest BCUT2D eigenvalue weighted by Crippen LogP contribution is 2.35. The quantitative estimate of drug-likeness (QED) is 0.816. The summed E-state index contributed by atoms with van der Waals surface area (Å²) in [6.45, 7) is 3.24. The number of benzene rings is 1. The number of rotatable bonds is 3. The van der Waals surface area contributed by atoms with Gasteiger partial charge in [-0.05, 0) is 50.3 Å². The minimum atomic E-state index is -4.59. The topological polar surface area (TPSA) is 66.6 Å². The average Bonchev–Trinajstić information content (AvgIpc) is 3.06. The van der Waals surface area contributed by atoms with Gasteiger partial charge in [0.15, 0.2) is 0 Å². The summed E-state index contributed by atoms with van der Waals surface area (Å²) in [5.74, 6) is -0.337. The fraction of sp³-hybridized carbons (Fsp3) is 0.579. The summed E-state index contributed by atoms with van der Waals surface area (Å²) in [5, 5.41) is 0. The zero-order valence-electron chi connectivity index (χ0n) is 15.7. The zero-order valence-corrected chi connectivity index (χ0v) is 16.5. The molecule has 2 aliphatic heterocycles. The second-order valence-corrected chi connectivity index (χ2v) is 7.40. The molecule has 2 fully saturated rings. The first-order valence-corrected chi connectivity index (χ1v) is 9.24. The molecule has 0 aromatic heterocycles. The van der Waals surface area contributed by atoms with Gasteiger partial charge in [0.05, 0.1) is 5.56 Å². The predicted molar refractivity (Wildman–Crippen MR) is 103 cm³/mol. The van der Waals surface area contributed by atoms with E-state index < -0.39 is 17.6 Å². The Balaban J connectivity index is 0.00000280. The SMILES string of the molecule is CC(N)C1CCN(C(=O)c2cc(N3CCCC3=O)cc(C(F)(F)F)c2)CC1.Cl. The largest absolute Gasteiger partial charge is 0.416 e. The third kappa shape index (κ3) is 4.78. The fourth-order valence-electron chi connectivity index (χ4n) is 3.79. The lowest BCUT2D eigenvalue weighted by Gasteiger charge is -2.34. The van der Waals surface area contributed by atoms with Crippen LogP contribution in [0, 0.1) is 5.92 Å². The first kappa shape index (κ1) is 22.5. The third-order valence-corrected chi connectivity index (χ3v) is 5.45. The van der Waals surface area contributed by atoms with Crippen LogP contribution < -0.4 is 10.6 Å². The Morgan fingerprint density at radius 2 is 1.82 bits per heavy atom. The van der Waals surface area contributed by atoms with E-state index in [9.17, 15) is 22.8 Å². The molecule has 2 aliphatic rings. The van der Waals surface area contributed by atoms with E-state index in [1.807, 2.05) is 6.92 Å². The maximum Gasteiger partial charge on any atom is 0.416 e. The molecule has 2 N–H and O–H groups in total. The van der Waals surface area contributed by atoms with E-state index in [4.69, 9.17) is 5.73 Å². The van der Waals surface area contributed by atoms with Crippen molar-refractivity contribution in [2.75, 3.05) is 24.5 Å². The van der Waals surface area contributed by atoms with Crippen LogP contribution in [0.25, 0.3) is 0 Å². The number of hydrogen-bond donors (Lipinski definition) is 1. The molecule has 9 heteroatoms. The maximum absolute atomic E-state index is 13.3. The van der Waals surface area contributed by atoms with E-state index in [2.05, 4.69) is 0 Å². The van der Waals surface area contributed by atoms with Crippen LogP contribution in [0.15, 0.2) is 18.2 Å². The lowest BCUT2D eigenvalue weighted by molar-refractivity contribution is -0.137. The molecule has 0 saturated carbocycles. The number of nitrogens with zero attached hydrogens (tertiary/aromatic N) is 2. The third-order valence-electron chi connectivity index (χ3n) is 5.45. The van der Waals surface area contributed by atoms with Crippen molar-refractivity contribution in [2.45, 2.75) is 44.8 Å². The first-order valence-electron chi connectivity index (χ1n) is 9.24. The number of carbonyl (C=O) groups excluding carboxylic acids is 2. The Labute approximate surface area is 168 Å². The molecule has 2 heterocycles. The number of nitrogens with two attached hydrogens (primary N) is 1. The van der Waals surface area contributed by atoms with Crippen LogP contribution in [0.1, 0.15) is 48.5 Å². The zero-order chi connectivity index (χ0) is 19.8. The van der Waals surface area contributed by atoms with E-state index in [0.717, 1.165) is 25.0 Å². The molecule has 5 nitrogen and oxygen atoms in total. The Morgan fingerprint density at radius 3 is 2.32 bits per heavy atom. The van der Waals surface area contributed by atoms with Crippen LogP contribution in [-0.4, -0.2) is 42.4 Å². The molecule has 1 unspecified atom stereocenters. The van der Waals surface area contributed by atoms with E-state index in [1.54, 1.807) is 4.90 Å². The molecule has 2 amide bonds. The van der Waals surface area contributed by atoms with Crippen molar-refractivity contribution in [3.8, 4) is 0 Å². The highest BCUT2D eigenvalue weighted by Gasteiger charge is 2.34. The second-order valence-electron chi connectivity index (χ2n) is 7.40. The molecule has 28 heavy (non-hydrogen) atoms. The number of anilines is 1. The number of alkyl halides is 3. The van der Waals surface area contributed by atoms with Crippen molar-refractivity contribution in [1.82, 2.24) is 4.90 Å². The van der Waals surface area contributed by atoms with E-state index in [-0.39, 0.29) is 35.6 Å². The van der Waals surface area contributed by atoms with Crippen molar-refractivity contribution < 1.29 is 22.8 Å². The maximum atomic E-state index is 13.3. The number of likely N-dealkylation sites (tertiary alicyclic amines) is 1. The predicted octanol–water partition coefficient (Wildman–Crippen LogP) is 3.45. The Kier molecular flexibility index (Phi) is 6.98. The normalized spacial score (nSPS) is 19.5. The van der Waals surface area contributed by atoms with Crippen molar-refractivity contribution in [2.24, 2.45) is 11.7 Å². The minimum Gasteiger partial charge on any atom is -0.339 e. The van der Waals surface area contributed by atoms with Crippen LogP contribution in [0.3, 0.4) is 0 Å². The van der Waals surface area contributed by atoms with Crippen LogP contribution >= 0.6 is 12.4 Å². The molecule has 1 aromatic rings. The van der Waals surface area contributed by atoms with Gasteiger partial charge in [-0.1, -0.05) is 0 Å². The van der Waals surface area contributed by atoms with Crippen LogP contribution in [-0.2, 0) is 11.0 Å². The minimum absolute atomic E-state index is 0. The summed E-state index contributed by atoms with van der Waals surface area (Å²) >= 11 is 0. The molecule has 1 aromatic carbocycles. The molecule has 0 spiro atoms. The number of carbonyl (C=O) groups is 2. The Bertz CT molecular complexity index is 732. The second kappa shape index (κ2) is 8.69. The van der Waals surface area contributed by atoms with Gasteiger partial charge in [0.1, 0.15) is 0 Å². The summed E-state index contributed by atoms with van der Waals surface area (Å²) in [5.41, 5.74) is 5.11. The Morgan fingerprint density at radius 1 is 1.18 bits per heavy atom. The van der Waals surface area contributed by atoms with Gasteiger partial charge in [-0.2, -0.15) is 13.2 Å². The standard InChI is InChI=1S/C19H24F3N3O2.ClH/c1-12(23)13-4-7-24(8-5-13)18(27)14-9-15(19(20,21)22)11-16(10-14)25-6-2-3-17(25)26;/h9-13H,2-8,23H2,1H3;1H. The van der Waals surface area contributed by atoms with Gasteiger partial charge in [-0.15, -0.1) is 12.4 Å². The van der Waals surface area contributed by atoms with Crippen LogP contribution in [0.5, 0.6) is 0 Å². The molecule has 3 rings (SSSR count). The van der Waals surface area contributed by atoms with E-state index >= 15 is 0 Å². The van der Waals surface area contributed by atoms with Crippen molar-refractivity contribution in [3.63, 3.8) is 0 Å². The van der Waals surface area contributed by atoms with Crippen molar-refractivity contribution in [1.29, 1.82) is 0 Å². The molecule has 0 aliphatic carbocycles. The molecule has 1 atom stereocenters. The monoisotopic (exact) mass is 419 g/mol. The number of halogens is 4. The summed E-state index contributed by atoms with van der Waals surface area (Å²) in [7, 11) is 0. The van der Waals surface area contributed by atoms with Gasteiger partial charge in [0.25, 0.3) is 5.91 Å². The van der Waals surface area contributed by atoms with Crippen molar-refractivity contribution in [3.05, 3.63) is 29.3 Å². The van der Waals surface area contributed by atoms with Gasteiger partial charge in [0.2, 0.25) is 5.91 Å². The number of amides is 2. The van der Waals surface area contributed by atoms with Gasteiger partial charge >= 0.3 is 6.18 Å². The summed E-state index contributed by atoms with van der Waals surface area (Å²) in [4.78, 5) is 27.7. The van der Waals surface area contributed by atoms with Gasteiger partial charge in [-0.25, -0.2) is 0 Å². The number of piperidine rings is 1. The van der Waals surface area contributed by atoms with Crippen molar-refractivity contribution >= 4 is 29.9 Å². The van der Waals surface area contributed by atoms with Gasteiger partial charge in [-0.3, -0.25) is 9.59 Å². The smallest absolute Gasteiger partial charge is 0.339 e. The molecule has 0 radical (unpaired) electrons. The van der Waals surface area contributed by atoms with Gasteiger partial charge < -0.3 is 15.5 Å². The fourth-order valence-corrected chi connectivity index (χ4v) is 3.79. The molecule has 2 saturated heterocycles. The summed E-state index contributed by atoms with van der Waals surface area (Å²) < 4.78 is 40.0. The van der Waals surface area contributed by atoms with Crippen LogP contribution in [0.4, 0.5) is 18.9 Å². The van der Waals surface area contributed by atoms with E-state index in [0.29, 0.717) is 38.4 Å². The van der Waals surface area contributed by atoms with Crippen LogP contribution in [0.2, 0.25) is 0 Å². The van der Waals surface area contributed by atoms with E-state index in [1.165, 1.54) is 11.0 Å². The summed E-state index contributed by atoms with van der Waals surface area (Å²) in [6.07, 6.45) is -2.21. The lowest BCUT2D eigenvalue weighted by Crippen LogP contribution is -2.42. The molecular weight excluding hydrogens is 395 g/mol. The summed E-state index contributed by atoms with van der Waals surface area (Å²) in [6, 6.07) is 3.26. The molecule has 156 valence electrons. The Hall–Kier alpha value is -1.80. The molecular formula is C19H25ClF3N3O2. The van der Waals surface area contributed by atoms with Gasteiger partial charge in [0, 0.05) is 43.3 Å². The highest BCUT2D eigenvalue weighted by molar-refractivity contribution is 5.99. The highest BCUT2D eigenvalue weighted by atomic mass is 35.5. The average molecular weight is 420 g/mol. The number of hydrogen-bond acceptors (Lipinski definition) is 3. The molecule has 0 bridgehead atoms. The lowest BCUT2D eigenvalue weighted by atomic mass is 9.90.